The quantitative estimate of drug-likeness (QED) is 0.818. The van der Waals surface area contributed by atoms with E-state index in [0.717, 1.165) is 17.2 Å². The smallest absolute Gasteiger partial charge is 0.407 e. The van der Waals surface area contributed by atoms with Crippen LogP contribution in [0.1, 0.15) is 24.0 Å². The van der Waals surface area contributed by atoms with Gasteiger partial charge in [-0.25, -0.2) is 9.59 Å². The second-order valence-electron chi connectivity index (χ2n) is 6.01. The monoisotopic (exact) mass is 337 g/mol. The molecule has 0 heterocycles. The van der Waals surface area contributed by atoms with Crippen molar-refractivity contribution in [1.29, 1.82) is 0 Å². The van der Waals surface area contributed by atoms with Gasteiger partial charge in [0.15, 0.2) is 0 Å². The van der Waals surface area contributed by atoms with Gasteiger partial charge in [0.25, 0.3) is 0 Å². The van der Waals surface area contributed by atoms with Gasteiger partial charge in [-0.1, -0.05) is 48.5 Å². The van der Waals surface area contributed by atoms with Crippen LogP contribution in [-0.4, -0.2) is 30.3 Å². The Morgan fingerprint density at radius 2 is 1.64 bits per heavy atom. The second kappa shape index (κ2) is 7.21. The van der Waals surface area contributed by atoms with Crippen LogP contribution in [0.3, 0.4) is 0 Å². The van der Waals surface area contributed by atoms with E-state index in [4.69, 9.17) is 9.84 Å². The molecule has 0 unspecified atom stereocenters. The van der Waals surface area contributed by atoms with E-state index in [-0.39, 0.29) is 19.1 Å². The molecule has 0 aliphatic heterocycles. The lowest BCUT2D eigenvalue weighted by Gasteiger charge is -2.14. The Morgan fingerprint density at radius 1 is 1.08 bits per heavy atom. The van der Waals surface area contributed by atoms with Gasteiger partial charge < -0.3 is 15.2 Å². The van der Waals surface area contributed by atoms with Crippen molar-refractivity contribution in [3.8, 4) is 11.1 Å². The van der Waals surface area contributed by atoms with E-state index < -0.39 is 12.1 Å². The van der Waals surface area contributed by atoms with E-state index in [2.05, 4.69) is 29.6 Å². The highest BCUT2D eigenvalue weighted by molar-refractivity contribution is 5.81. The van der Waals surface area contributed by atoms with Crippen LogP contribution in [0.5, 0.6) is 0 Å². The minimum atomic E-state index is -1.04. The summed E-state index contributed by atoms with van der Waals surface area (Å²) in [6.45, 7) is 2.02. The molecule has 1 aliphatic carbocycles. The maximum Gasteiger partial charge on any atom is 0.407 e. The lowest BCUT2D eigenvalue weighted by atomic mass is 9.98. The van der Waals surface area contributed by atoms with E-state index in [9.17, 15) is 9.59 Å². The molecule has 1 amide bonds. The molecule has 0 fully saturated rings. The van der Waals surface area contributed by atoms with E-state index in [1.54, 1.807) is 6.92 Å². The number of hydrogen-bond acceptors (Lipinski definition) is 3. The number of rotatable bonds is 5. The number of carbonyl (C=O) groups is 2. The standard InChI is InChI=1S/C20H19NO4/c1-13(10-19(22)23)11-21-20(24)25-12-18-16-8-4-2-6-14(16)15-7-3-5-9-17(15)18/h2-10,18H,11-12H2,1H3,(H,21,24)(H,22,23)/b13-10+. The summed E-state index contributed by atoms with van der Waals surface area (Å²) in [6, 6.07) is 16.2. The molecule has 0 saturated heterocycles. The Kier molecular flexibility index (Phi) is 4.84. The largest absolute Gasteiger partial charge is 0.478 e. The molecule has 0 bridgehead atoms. The van der Waals surface area contributed by atoms with Gasteiger partial charge in [-0.2, -0.15) is 0 Å². The number of carboxylic acids is 1. The molecule has 0 radical (unpaired) electrons. The average molecular weight is 337 g/mol. The van der Waals surface area contributed by atoms with Gasteiger partial charge in [0.1, 0.15) is 6.61 Å². The highest BCUT2D eigenvalue weighted by atomic mass is 16.5. The Labute approximate surface area is 145 Å². The molecule has 128 valence electrons. The minimum Gasteiger partial charge on any atom is -0.478 e. The number of benzene rings is 2. The number of ether oxygens (including phenoxy) is 1. The van der Waals surface area contributed by atoms with Crippen LogP contribution in [0.2, 0.25) is 0 Å². The third kappa shape index (κ3) is 3.71. The van der Waals surface area contributed by atoms with Gasteiger partial charge in [-0.05, 0) is 34.8 Å². The van der Waals surface area contributed by atoms with Crippen LogP contribution >= 0.6 is 0 Å². The molecule has 5 heteroatoms. The summed E-state index contributed by atoms with van der Waals surface area (Å²) in [5.41, 5.74) is 5.19. The van der Waals surface area contributed by atoms with Gasteiger partial charge in [0.05, 0.1) is 0 Å². The first kappa shape index (κ1) is 16.8. The molecule has 0 spiro atoms. The first-order valence-corrected chi connectivity index (χ1v) is 8.05. The third-order valence-electron chi connectivity index (χ3n) is 4.23. The van der Waals surface area contributed by atoms with Crippen LogP contribution in [0.4, 0.5) is 4.79 Å². The zero-order valence-electron chi connectivity index (χ0n) is 13.9. The topological polar surface area (TPSA) is 75.6 Å². The zero-order chi connectivity index (χ0) is 17.8. The van der Waals surface area contributed by atoms with Crippen LogP contribution in [0, 0.1) is 0 Å². The summed E-state index contributed by atoms with van der Waals surface area (Å²) in [5, 5.41) is 11.2. The summed E-state index contributed by atoms with van der Waals surface area (Å²) in [5.74, 6) is -1.03. The molecule has 5 nitrogen and oxygen atoms in total. The summed E-state index contributed by atoms with van der Waals surface area (Å²) in [4.78, 5) is 22.5. The third-order valence-corrected chi connectivity index (χ3v) is 4.23. The Bertz CT molecular complexity index is 796. The van der Waals surface area contributed by atoms with Crippen molar-refractivity contribution in [3.63, 3.8) is 0 Å². The van der Waals surface area contributed by atoms with Crippen molar-refractivity contribution >= 4 is 12.1 Å². The number of aliphatic carboxylic acids is 1. The highest BCUT2D eigenvalue weighted by Gasteiger charge is 2.28. The van der Waals surface area contributed by atoms with E-state index >= 15 is 0 Å². The molecular weight excluding hydrogens is 318 g/mol. The number of fused-ring (bicyclic) bond motifs is 3. The molecule has 2 aromatic carbocycles. The second-order valence-corrected chi connectivity index (χ2v) is 6.01. The summed E-state index contributed by atoms with van der Waals surface area (Å²) >= 11 is 0. The maximum absolute atomic E-state index is 11.9. The Hall–Kier alpha value is -3.08. The van der Waals surface area contributed by atoms with Gasteiger partial charge in [0.2, 0.25) is 0 Å². The van der Waals surface area contributed by atoms with E-state index in [0.29, 0.717) is 5.57 Å². The summed E-state index contributed by atoms with van der Waals surface area (Å²) in [7, 11) is 0. The van der Waals surface area contributed by atoms with Gasteiger partial charge in [-0.3, -0.25) is 0 Å². The lowest BCUT2D eigenvalue weighted by molar-refractivity contribution is -0.131. The van der Waals surface area contributed by atoms with Crippen LogP contribution < -0.4 is 5.32 Å². The molecule has 0 atom stereocenters. The SMILES string of the molecule is C/C(=C\C(=O)O)CNC(=O)OCC1c2ccccc2-c2ccccc21. The van der Waals surface area contributed by atoms with Gasteiger partial charge in [-0.15, -0.1) is 0 Å². The fourth-order valence-electron chi connectivity index (χ4n) is 3.12. The number of carboxylic acid groups (broad SMARTS) is 1. The number of carbonyl (C=O) groups excluding carboxylic acids is 1. The molecule has 0 saturated carbocycles. The van der Waals surface area contributed by atoms with Crippen molar-refractivity contribution in [2.24, 2.45) is 0 Å². The molecular formula is C20H19NO4. The zero-order valence-corrected chi connectivity index (χ0v) is 13.9. The molecule has 0 aromatic heterocycles. The Morgan fingerprint density at radius 3 is 2.20 bits per heavy atom. The predicted molar refractivity (Wildman–Crippen MR) is 94.5 cm³/mol. The van der Waals surface area contributed by atoms with Crippen molar-refractivity contribution in [2.75, 3.05) is 13.2 Å². The van der Waals surface area contributed by atoms with Crippen LogP contribution in [-0.2, 0) is 9.53 Å². The first-order valence-electron chi connectivity index (χ1n) is 8.05. The minimum absolute atomic E-state index is 0.00816. The fraction of sp³-hybridized carbons (Fsp3) is 0.200. The average Bonchev–Trinajstić information content (AvgIpc) is 2.92. The highest BCUT2D eigenvalue weighted by Crippen LogP contribution is 2.44. The summed E-state index contributed by atoms with van der Waals surface area (Å²) in [6.07, 6.45) is 0.504. The van der Waals surface area contributed by atoms with Crippen molar-refractivity contribution < 1.29 is 19.4 Å². The number of nitrogens with one attached hydrogen (secondary N) is 1. The normalized spacial score (nSPS) is 13.1. The summed E-state index contributed by atoms with van der Waals surface area (Å²) < 4.78 is 5.37. The van der Waals surface area contributed by atoms with E-state index in [1.165, 1.54) is 11.1 Å². The van der Waals surface area contributed by atoms with Gasteiger partial charge in [0, 0.05) is 18.5 Å². The first-order chi connectivity index (χ1) is 12.1. The van der Waals surface area contributed by atoms with Gasteiger partial charge >= 0.3 is 12.1 Å². The number of amides is 1. The molecule has 25 heavy (non-hydrogen) atoms. The fourth-order valence-corrected chi connectivity index (χ4v) is 3.12. The molecule has 1 aliphatic rings. The van der Waals surface area contributed by atoms with E-state index in [1.807, 2.05) is 24.3 Å². The van der Waals surface area contributed by atoms with Crippen molar-refractivity contribution in [2.45, 2.75) is 12.8 Å². The van der Waals surface area contributed by atoms with Crippen molar-refractivity contribution in [3.05, 3.63) is 71.3 Å². The lowest BCUT2D eigenvalue weighted by Crippen LogP contribution is -2.27. The number of hydrogen-bond donors (Lipinski definition) is 2. The predicted octanol–water partition coefficient (Wildman–Crippen LogP) is 3.56. The molecule has 3 rings (SSSR count). The molecule has 2 aromatic rings. The maximum atomic E-state index is 11.9. The van der Waals surface area contributed by atoms with Crippen LogP contribution in [0.25, 0.3) is 11.1 Å². The molecule has 2 N–H and O–H groups in total. The Balaban J connectivity index is 1.66. The van der Waals surface area contributed by atoms with Crippen molar-refractivity contribution in [1.82, 2.24) is 5.32 Å². The van der Waals surface area contributed by atoms with Crippen LogP contribution in [0.15, 0.2) is 60.2 Å². The number of alkyl carbamates (subject to hydrolysis) is 1.